The van der Waals surface area contributed by atoms with Crippen molar-refractivity contribution in [3.63, 3.8) is 0 Å². The molecule has 0 unspecified atom stereocenters. The number of halogens is 1. The first kappa shape index (κ1) is 22.5. The summed E-state index contributed by atoms with van der Waals surface area (Å²) in [5, 5.41) is 0. The van der Waals surface area contributed by atoms with Crippen LogP contribution < -0.4 is 14.9 Å². The number of furan rings is 1. The average Bonchev–Trinajstić information content (AvgIpc) is 3.40. The van der Waals surface area contributed by atoms with E-state index in [2.05, 4.69) is 20.9 Å². The third kappa shape index (κ3) is 4.06. The van der Waals surface area contributed by atoms with Gasteiger partial charge in [-0.25, -0.2) is 4.99 Å². The maximum absolute atomic E-state index is 13.6. The molecule has 0 aliphatic carbocycles. The van der Waals surface area contributed by atoms with Crippen LogP contribution in [0.5, 0.6) is 0 Å². The van der Waals surface area contributed by atoms with E-state index in [1.165, 1.54) is 18.3 Å². The molecule has 0 fully saturated rings. The van der Waals surface area contributed by atoms with Crippen LogP contribution in [0.2, 0.25) is 0 Å². The van der Waals surface area contributed by atoms with Crippen LogP contribution in [0.4, 0.5) is 0 Å². The van der Waals surface area contributed by atoms with Gasteiger partial charge in [0.25, 0.3) is 5.56 Å². The van der Waals surface area contributed by atoms with E-state index < -0.39 is 6.04 Å². The second-order valence-corrected chi connectivity index (χ2v) is 10.2. The number of thiazole rings is 1. The summed E-state index contributed by atoms with van der Waals surface area (Å²) >= 11 is 4.76. The Labute approximate surface area is 208 Å². The summed E-state index contributed by atoms with van der Waals surface area (Å²) in [4.78, 5) is 31.4. The van der Waals surface area contributed by atoms with Gasteiger partial charge in [-0.2, -0.15) is 0 Å². The first-order chi connectivity index (χ1) is 16.3. The van der Waals surface area contributed by atoms with Gasteiger partial charge in [-0.05, 0) is 56.7 Å². The summed E-state index contributed by atoms with van der Waals surface area (Å²) in [6.07, 6.45) is 1.86. The molecule has 5 nitrogen and oxygen atoms in total. The van der Waals surface area contributed by atoms with E-state index in [4.69, 9.17) is 4.42 Å². The molecule has 4 aromatic rings. The quantitative estimate of drug-likeness (QED) is 0.364. The molecule has 170 valence electrons. The van der Waals surface area contributed by atoms with E-state index in [1.54, 1.807) is 11.5 Å². The molecule has 1 aliphatic rings. The second-order valence-electron chi connectivity index (χ2n) is 8.26. The lowest BCUT2D eigenvalue weighted by Crippen LogP contribution is -2.39. The molecular weight excluding hydrogens is 512 g/mol. The van der Waals surface area contributed by atoms with Gasteiger partial charge >= 0.3 is 0 Å². The predicted octanol–water partition coefficient (Wildman–Crippen LogP) is 5.16. The molecule has 0 saturated carbocycles. The first-order valence-electron chi connectivity index (χ1n) is 10.8. The van der Waals surface area contributed by atoms with E-state index in [0.717, 1.165) is 21.2 Å². The van der Waals surface area contributed by atoms with Crippen LogP contribution in [-0.2, 0) is 4.79 Å². The van der Waals surface area contributed by atoms with E-state index in [1.807, 2.05) is 73.7 Å². The molecular formula is C27H21BrN2O3S. The highest BCUT2D eigenvalue weighted by atomic mass is 79.9. The molecule has 1 atom stereocenters. The number of Topliss-reactive ketones (excluding diaryl/α,β-unsaturated/α-hetero) is 1. The molecule has 0 saturated heterocycles. The number of benzene rings is 2. The SMILES string of the molecule is CC(=O)C1=C(C)N=c2s/c(=C/c3ccc(C)cc3)c(=O)n2[C@@H]1c1ccc(-c2ccc(Br)cc2)o1. The summed E-state index contributed by atoms with van der Waals surface area (Å²) in [6, 6.07) is 18.8. The number of carbonyl (C=O) groups excluding carboxylic acids is 1. The molecule has 1 aliphatic heterocycles. The number of hydrogen-bond donors (Lipinski definition) is 0. The van der Waals surface area contributed by atoms with Crippen molar-refractivity contribution in [1.82, 2.24) is 4.57 Å². The number of allylic oxidation sites excluding steroid dienone is 2. The molecule has 0 radical (unpaired) electrons. The number of rotatable bonds is 4. The van der Waals surface area contributed by atoms with Gasteiger partial charge in [0.1, 0.15) is 17.6 Å². The molecule has 2 aromatic heterocycles. The van der Waals surface area contributed by atoms with Crippen LogP contribution in [0.15, 0.2) is 90.6 Å². The molecule has 3 heterocycles. The van der Waals surface area contributed by atoms with Crippen molar-refractivity contribution < 1.29 is 9.21 Å². The monoisotopic (exact) mass is 532 g/mol. The van der Waals surface area contributed by atoms with Gasteiger partial charge in [0.2, 0.25) is 0 Å². The Morgan fingerprint density at radius 2 is 1.76 bits per heavy atom. The summed E-state index contributed by atoms with van der Waals surface area (Å²) in [7, 11) is 0. The first-order valence-corrected chi connectivity index (χ1v) is 12.4. The van der Waals surface area contributed by atoms with Crippen LogP contribution >= 0.6 is 27.3 Å². The lowest BCUT2D eigenvalue weighted by atomic mass is 9.98. The molecule has 0 bridgehead atoms. The van der Waals surface area contributed by atoms with Crippen LogP contribution in [0.25, 0.3) is 17.4 Å². The zero-order chi connectivity index (χ0) is 24.0. The van der Waals surface area contributed by atoms with Crippen molar-refractivity contribution in [2.75, 3.05) is 0 Å². The number of fused-ring (bicyclic) bond motifs is 1. The van der Waals surface area contributed by atoms with Gasteiger partial charge in [0, 0.05) is 21.3 Å². The van der Waals surface area contributed by atoms with Crippen molar-refractivity contribution in [1.29, 1.82) is 0 Å². The van der Waals surface area contributed by atoms with Gasteiger partial charge in [0.15, 0.2) is 10.6 Å². The fourth-order valence-corrected chi connectivity index (χ4v) is 5.43. The standard InChI is InChI=1S/C27H21BrN2O3S/c1-15-4-6-18(7-5-15)14-23-26(32)30-25(24(17(3)31)16(2)29-27(30)34-23)22-13-12-21(33-22)19-8-10-20(28)11-9-19/h4-14,25H,1-3H3/b23-14+/t25-/m1/s1. The van der Waals surface area contributed by atoms with Crippen molar-refractivity contribution in [2.45, 2.75) is 26.8 Å². The molecule has 5 rings (SSSR count). The van der Waals surface area contributed by atoms with Crippen LogP contribution in [0.1, 0.15) is 36.8 Å². The highest BCUT2D eigenvalue weighted by molar-refractivity contribution is 9.10. The number of aryl methyl sites for hydroxylation is 1. The Kier molecular flexibility index (Phi) is 5.83. The Hall–Kier alpha value is -3.29. The maximum atomic E-state index is 13.6. The van der Waals surface area contributed by atoms with Crippen molar-refractivity contribution >= 4 is 39.1 Å². The summed E-state index contributed by atoms with van der Waals surface area (Å²) in [5.74, 6) is 1.06. The number of nitrogens with zero attached hydrogens (tertiary/aromatic N) is 2. The van der Waals surface area contributed by atoms with Crippen LogP contribution in [0, 0.1) is 6.92 Å². The number of aromatic nitrogens is 1. The van der Waals surface area contributed by atoms with E-state index >= 15 is 0 Å². The minimum atomic E-state index is -0.668. The largest absolute Gasteiger partial charge is 0.458 e. The van der Waals surface area contributed by atoms with Gasteiger partial charge in [-0.1, -0.05) is 69.2 Å². The molecule has 0 spiro atoms. The zero-order valence-electron chi connectivity index (χ0n) is 18.8. The molecule has 2 aromatic carbocycles. The lowest BCUT2D eigenvalue weighted by molar-refractivity contribution is -0.114. The second kappa shape index (κ2) is 8.81. The Morgan fingerprint density at radius 3 is 2.44 bits per heavy atom. The zero-order valence-corrected chi connectivity index (χ0v) is 21.2. The fraction of sp³-hybridized carbons (Fsp3) is 0.148. The van der Waals surface area contributed by atoms with Gasteiger partial charge in [-0.15, -0.1) is 0 Å². The van der Waals surface area contributed by atoms with E-state index in [-0.39, 0.29) is 11.3 Å². The van der Waals surface area contributed by atoms with E-state index in [9.17, 15) is 9.59 Å². The van der Waals surface area contributed by atoms with Crippen molar-refractivity contribution in [3.8, 4) is 11.3 Å². The smallest absolute Gasteiger partial charge is 0.271 e. The molecule has 0 N–H and O–H groups in total. The van der Waals surface area contributed by atoms with Gasteiger partial charge in [-0.3, -0.25) is 14.2 Å². The minimum Gasteiger partial charge on any atom is -0.458 e. The molecule has 34 heavy (non-hydrogen) atoms. The summed E-state index contributed by atoms with van der Waals surface area (Å²) < 4.78 is 9.34. The Morgan fingerprint density at radius 1 is 1.06 bits per heavy atom. The number of carbonyl (C=O) groups is 1. The Balaban J connectivity index is 1.68. The van der Waals surface area contributed by atoms with Crippen molar-refractivity contribution in [2.24, 2.45) is 4.99 Å². The van der Waals surface area contributed by atoms with Gasteiger partial charge < -0.3 is 4.42 Å². The molecule has 7 heteroatoms. The summed E-state index contributed by atoms with van der Waals surface area (Å²) in [5.41, 5.74) is 3.87. The third-order valence-corrected chi connectivity index (χ3v) is 7.31. The predicted molar refractivity (Wildman–Crippen MR) is 137 cm³/mol. The minimum absolute atomic E-state index is 0.138. The summed E-state index contributed by atoms with van der Waals surface area (Å²) in [6.45, 7) is 5.33. The lowest BCUT2D eigenvalue weighted by Gasteiger charge is -2.22. The fourth-order valence-electron chi connectivity index (χ4n) is 4.12. The van der Waals surface area contributed by atoms with Crippen molar-refractivity contribution in [3.05, 3.63) is 113 Å². The van der Waals surface area contributed by atoms with Crippen LogP contribution in [0.3, 0.4) is 0 Å². The van der Waals surface area contributed by atoms with Gasteiger partial charge in [0.05, 0.1) is 4.53 Å². The van der Waals surface area contributed by atoms with Crippen LogP contribution in [-0.4, -0.2) is 10.4 Å². The number of hydrogen-bond acceptors (Lipinski definition) is 5. The highest BCUT2D eigenvalue weighted by Crippen LogP contribution is 2.34. The maximum Gasteiger partial charge on any atom is 0.271 e. The third-order valence-electron chi connectivity index (χ3n) is 5.80. The molecule has 0 amide bonds. The topological polar surface area (TPSA) is 64.6 Å². The van der Waals surface area contributed by atoms with E-state index in [0.29, 0.717) is 32.1 Å². The Bertz CT molecular complexity index is 1620. The normalized spacial score (nSPS) is 15.9. The number of ketones is 1. The highest BCUT2D eigenvalue weighted by Gasteiger charge is 2.33. The average molecular weight is 533 g/mol.